The van der Waals surface area contributed by atoms with Crippen LogP contribution in [0.4, 0.5) is 4.79 Å². The number of imide groups is 1. The summed E-state index contributed by atoms with van der Waals surface area (Å²) in [5.41, 5.74) is 4.16. The average Bonchev–Trinajstić information content (AvgIpc) is 3.14. The van der Waals surface area contributed by atoms with Crippen molar-refractivity contribution in [3.05, 3.63) is 71.4 Å². The smallest absolute Gasteiger partial charge is 0.325 e. The molecule has 25 heavy (non-hydrogen) atoms. The Kier molecular flexibility index (Phi) is 3.76. The highest BCUT2D eigenvalue weighted by Gasteiger charge is 2.38. The molecule has 1 fully saturated rings. The van der Waals surface area contributed by atoms with Crippen molar-refractivity contribution in [1.29, 1.82) is 0 Å². The Hall–Kier alpha value is -3.08. The Morgan fingerprint density at radius 1 is 1.04 bits per heavy atom. The maximum absolute atomic E-state index is 12.7. The lowest BCUT2D eigenvalue weighted by molar-refractivity contribution is -0.127. The number of aromatic amines is 1. The van der Waals surface area contributed by atoms with Gasteiger partial charge in [0, 0.05) is 23.5 Å². The van der Waals surface area contributed by atoms with Crippen LogP contribution in [-0.4, -0.2) is 27.9 Å². The van der Waals surface area contributed by atoms with Crippen LogP contribution in [-0.2, 0) is 17.8 Å². The van der Waals surface area contributed by atoms with E-state index in [4.69, 9.17) is 0 Å². The van der Waals surface area contributed by atoms with Gasteiger partial charge in [-0.25, -0.2) is 4.79 Å². The summed E-state index contributed by atoms with van der Waals surface area (Å²) in [5, 5.41) is 3.90. The van der Waals surface area contributed by atoms with Gasteiger partial charge in [-0.2, -0.15) is 0 Å². The molecule has 0 bridgehead atoms. The maximum atomic E-state index is 12.7. The molecule has 1 atom stereocenters. The molecule has 2 N–H and O–H groups in total. The summed E-state index contributed by atoms with van der Waals surface area (Å²) in [4.78, 5) is 29.4. The number of carbonyl (C=O) groups excluding carboxylic acids is 2. The molecule has 5 heteroatoms. The number of rotatable bonds is 4. The van der Waals surface area contributed by atoms with E-state index in [1.807, 2.05) is 61.7 Å². The van der Waals surface area contributed by atoms with Crippen LogP contribution >= 0.6 is 0 Å². The van der Waals surface area contributed by atoms with Crippen molar-refractivity contribution in [2.45, 2.75) is 25.9 Å². The van der Waals surface area contributed by atoms with Gasteiger partial charge in [0.1, 0.15) is 6.04 Å². The summed E-state index contributed by atoms with van der Waals surface area (Å²) < 4.78 is 0. The molecular formula is C20H19N3O2. The van der Waals surface area contributed by atoms with Gasteiger partial charge in [0.15, 0.2) is 0 Å². The Labute approximate surface area is 145 Å². The predicted octanol–water partition coefficient (Wildman–Crippen LogP) is 3.14. The number of aryl methyl sites for hydroxylation is 1. The first-order valence-corrected chi connectivity index (χ1v) is 8.34. The third kappa shape index (κ3) is 2.89. The second kappa shape index (κ2) is 6.09. The fourth-order valence-electron chi connectivity index (χ4n) is 3.26. The van der Waals surface area contributed by atoms with Crippen LogP contribution in [0.25, 0.3) is 10.9 Å². The summed E-state index contributed by atoms with van der Waals surface area (Å²) in [5.74, 6) is -0.171. The highest BCUT2D eigenvalue weighted by atomic mass is 16.2. The average molecular weight is 333 g/mol. The summed E-state index contributed by atoms with van der Waals surface area (Å²) in [7, 11) is 0. The topological polar surface area (TPSA) is 65.2 Å². The number of benzene rings is 2. The number of fused-ring (bicyclic) bond motifs is 1. The van der Waals surface area contributed by atoms with Gasteiger partial charge in [-0.05, 0) is 24.1 Å². The van der Waals surface area contributed by atoms with Gasteiger partial charge in [0.2, 0.25) is 0 Å². The van der Waals surface area contributed by atoms with Crippen LogP contribution in [0.2, 0.25) is 0 Å². The molecule has 5 nitrogen and oxygen atoms in total. The molecule has 1 aliphatic rings. The summed E-state index contributed by atoms with van der Waals surface area (Å²) in [6.07, 6.45) is 2.39. The Bertz CT molecular complexity index is 943. The largest absolute Gasteiger partial charge is 0.361 e. The zero-order valence-corrected chi connectivity index (χ0v) is 14.0. The lowest BCUT2D eigenvalue weighted by Gasteiger charge is -2.13. The lowest BCUT2D eigenvalue weighted by Crippen LogP contribution is -2.32. The van der Waals surface area contributed by atoms with Crippen molar-refractivity contribution in [3.8, 4) is 0 Å². The molecule has 1 aromatic heterocycles. The number of para-hydroxylation sites is 1. The van der Waals surface area contributed by atoms with Crippen LogP contribution in [0.15, 0.2) is 54.7 Å². The molecule has 4 rings (SSSR count). The van der Waals surface area contributed by atoms with E-state index in [9.17, 15) is 9.59 Å². The number of aromatic nitrogens is 1. The number of hydrogen-bond acceptors (Lipinski definition) is 2. The summed E-state index contributed by atoms with van der Waals surface area (Å²) >= 11 is 0. The molecule has 126 valence electrons. The Balaban J connectivity index is 1.51. The minimum Gasteiger partial charge on any atom is -0.361 e. The van der Waals surface area contributed by atoms with Gasteiger partial charge in [0.05, 0.1) is 6.54 Å². The third-order valence-electron chi connectivity index (χ3n) is 4.67. The van der Waals surface area contributed by atoms with Gasteiger partial charge in [-0.1, -0.05) is 48.0 Å². The highest BCUT2D eigenvalue weighted by molar-refractivity contribution is 6.04. The normalized spacial score (nSPS) is 17.3. The van der Waals surface area contributed by atoms with Crippen LogP contribution in [0, 0.1) is 6.92 Å². The van der Waals surface area contributed by atoms with Crippen LogP contribution in [0.1, 0.15) is 16.7 Å². The van der Waals surface area contributed by atoms with Crippen molar-refractivity contribution >= 4 is 22.8 Å². The van der Waals surface area contributed by atoms with Gasteiger partial charge in [-0.15, -0.1) is 0 Å². The molecule has 0 unspecified atom stereocenters. The molecule has 1 saturated heterocycles. The number of carbonyl (C=O) groups is 2. The number of hydrogen-bond donors (Lipinski definition) is 2. The second-order valence-electron chi connectivity index (χ2n) is 6.48. The molecule has 2 heterocycles. The number of H-pyrrole nitrogens is 1. The van der Waals surface area contributed by atoms with Crippen LogP contribution in [0.5, 0.6) is 0 Å². The van der Waals surface area contributed by atoms with Gasteiger partial charge < -0.3 is 10.3 Å². The van der Waals surface area contributed by atoms with Crippen molar-refractivity contribution in [3.63, 3.8) is 0 Å². The van der Waals surface area contributed by atoms with Crippen molar-refractivity contribution in [1.82, 2.24) is 15.2 Å². The summed E-state index contributed by atoms with van der Waals surface area (Å²) in [6.45, 7) is 2.31. The van der Waals surface area contributed by atoms with Gasteiger partial charge >= 0.3 is 6.03 Å². The van der Waals surface area contributed by atoms with E-state index in [-0.39, 0.29) is 11.9 Å². The van der Waals surface area contributed by atoms with Crippen LogP contribution < -0.4 is 5.32 Å². The first kappa shape index (κ1) is 15.4. The maximum Gasteiger partial charge on any atom is 0.325 e. The molecule has 1 aliphatic heterocycles. The molecular weight excluding hydrogens is 314 g/mol. The number of urea groups is 1. The fraction of sp³-hybridized carbons (Fsp3) is 0.200. The standard InChI is InChI=1S/C20H19N3O2/c1-13-6-8-14(9-7-13)12-23-19(24)18(22-20(23)25)10-15-11-21-17-5-3-2-4-16(15)17/h2-9,11,18,21H,10,12H2,1H3,(H,22,25)/t18-/m1/s1. The van der Waals surface area contributed by atoms with Gasteiger partial charge in [-0.3, -0.25) is 9.69 Å². The molecule has 0 radical (unpaired) electrons. The highest BCUT2D eigenvalue weighted by Crippen LogP contribution is 2.22. The zero-order chi connectivity index (χ0) is 17.4. The minimum atomic E-state index is -0.517. The van der Waals surface area contributed by atoms with Gasteiger partial charge in [0.25, 0.3) is 5.91 Å². The molecule has 3 aromatic rings. The van der Waals surface area contributed by atoms with E-state index in [0.29, 0.717) is 13.0 Å². The third-order valence-corrected chi connectivity index (χ3v) is 4.67. The number of nitrogens with zero attached hydrogens (tertiary/aromatic N) is 1. The molecule has 0 aliphatic carbocycles. The predicted molar refractivity (Wildman–Crippen MR) is 96.1 cm³/mol. The van der Waals surface area contributed by atoms with Crippen LogP contribution in [0.3, 0.4) is 0 Å². The minimum absolute atomic E-state index is 0.171. The van der Waals surface area contributed by atoms with Crippen molar-refractivity contribution < 1.29 is 9.59 Å². The van der Waals surface area contributed by atoms with Crippen molar-refractivity contribution in [2.24, 2.45) is 0 Å². The lowest BCUT2D eigenvalue weighted by atomic mass is 10.0. The Morgan fingerprint density at radius 3 is 2.60 bits per heavy atom. The number of amides is 3. The van der Waals surface area contributed by atoms with E-state index < -0.39 is 6.04 Å². The number of nitrogens with one attached hydrogen (secondary N) is 2. The molecule has 2 aromatic carbocycles. The van der Waals surface area contributed by atoms with E-state index in [1.54, 1.807) is 0 Å². The van der Waals surface area contributed by atoms with E-state index in [0.717, 1.165) is 27.6 Å². The first-order chi connectivity index (χ1) is 12.1. The van der Waals surface area contributed by atoms with E-state index in [1.165, 1.54) is 4.90 Å². The molecule has 0 saturated carbocycles. The monoisotopic (exact) mass is 333 g/mol. The van der Waals surface area contributed by atoms with E-state index >= 15 is 0 Å². The second-order valence-corrected chi connectivity index (χ2v) is 6.48. The molecule has 3 amide bonds. The Morgan fingerprint density at radius 2 is 1.80 bits per heavy atom. The quantitative estimate of drug-likeness (QED) is 0.721. The summed E-state index contributed by atoms with van der Waals surface area (Å²) in [6, 6.07) is 15.0. The van der Waals surface area contributed by atoms with E-state index in [2.05, 4.69) is 10.3 Å². The fourth-order valence-corrected chi connectivity index (χ4v) is 3.26. The SMILES string of the molecule is Cc1ccc(CN2C(=O)N[C@H](Cc3c[nH]c4ccccc34)C2=O)cc1. The zero-order valence-electron chi connectivity index (χ0n) is 14.0. The van der Waals surface area contributed by atoms with Crippen molar-refractivity contribution in [2.75, 3.05) is 0 Å². The first-order valence-electron chi connectivity index (χ1n) is 8.34. The molecule has 0 spiro atoms.